The minimum absolute atomic E-state index is 0.223. The Bertz CT molecular complexity index is 376. The van der Waals surface area contributed by atoms with Crippen molar-refractivity contribution in [3.8, 4) is 5.75 Å². The quantitative estimate of drug-likeness (QED) is 0.657. The number of aromatic hydroxyl groups is 1. The van der Waals surface area contributed by atoms with Crippen LogP contribution in [0.1, 0.15) is 12.5 Å². The number of hydrogen-bond donors (Lipinski definition) is 3. The van der Waals surface area contributed by atoms with Crippen molar-refractivity contribution in [1.82, 2.24) is 0 Å². The second-order valence-corrected chi connectivity index (χ2v) is 3.17. The molecule has 0 aliphatic rings. The maximum absolute atomic E-state index is 13.2. The molecule has 1 unspecified atom stereocenters. The summed E-state index contributed by atoms with van der Waals surface area (Å²) in [6.07, 6.45) is 0. The van der Waals surface area contributed by atoms with Gasteiger partial charge in [-0.3, -0.25) is 0 Å². The van der Waals surface area contributed by atoms with Crippen LogP contribution in [0.5, 0.6) is 5.75 Å². The van der Waals surface area contributed by atoms with E-state index in [0.29, 0.717) is 0 Å². The molecule has 4 N–H and O–H groups in total. The fraction of sp³-hybridized carbons (Fsp3) is 0.222. The highest BCUT2D eigenvalue weighted by Crippen LogP contribution is 2.24. The van der Waals surface area contributed by atoms with Crippen molar-refractivity contribution in [3.05, 3.63) is 29.6 Å². The van der Waals surface area contributed by atoms with E-state index in [2.05, 4.69) is 0 Å². The van der Waals surface area contributed by atoms with Crippen LogP contribution in [0.3, 0.4) is 0 Å². The topological polar surface area (TPSA) is 83.6 Å². The summed E-state index contributed by atoms with van der Waals surface area (Å²) in [4.78, 5) is 10.7. The number of carboxylic acids is 1. The maximum atomic E-state index is 13.2. The summed E-state index contributed by atoms with van der Waals surface area (Å²) in [5, 5.41) is 17.8. The summed E-state index contributed by atoms with van der Waals surface area (Å²) in [7, 11) is 0. The molecule has 76 valence electrons. The predicted octanol–water partition coefficient (Wildman–Crippen LogP) is 0.790. The van der Waals surface area contributed by atoms with Gasteiger partial charge >= 0.3 is 5.97 Å². The van der Waals surface area contributed by atoms with Crippen molar-refractivity contribution in [2.45, 2.75) is 12.5 Å². The van der Waals surface area contributed by atoms with Gasteiger partial charge in [-0.25, -0.2) is 9.18 Å². The zero-order valence-electron chi connectivity index (χ0n) is 7.49. The molecule has 0 radical (unpaired) electrons. The SMILES string of the molecule is CC(N)(C(=O)O)c1cc(O)ccc1F. The van der Waals surface area contributed by atoms with Gasteiger partial charge < -0.3 is 15.9 Å². The first-order valence-corrected chi connectivity index (χ1v) is 3.87. The van der Waals surface area contributed by atoms with Crippen molar-refractivity contribution in [2.24, 2.45) is 5.73 Å². The molecule has 0 aliphatic heterocycles. The number of benzene rings is 1. The zero-order chi connectivity index (χ0) is 10.9. The van der Waals surface area contributed by atoms with Crippen molar-refractivity contribution in [3.63, 3.8) is 0 Å². The molecule has 0 amide bonds. The first-order chi connectivity index (χ1) is 6.35. The molecule has 0 fully saturated rings. The van der Waals surface area contributed by atoms with E-state index in [9.17, 15) is 9.18 Å². The van der Waals surface area contributed by atoms with Crippen molar-refractivity contribution >= 4 is 5.97 Å². The van der Waals surface area contributed by atoms with Gasteiger partial charge in [0.25, 0.3) is 0 Å². The Morgan fingerprint density at radius 2 is 2.14 bits per heavy atom. The Labute approximate surface area is 79.8 Å². The van der Waals surface area contributed by atoms with Gasteiger partial charge in [-0.1, -0.05) is 0 Å². The van der Waals surface area contributed by atoms with E-state index < -0.39 is 17.3 Å². The molecule has 0 heterocycles. The number of aliphatic carboxylic acids is 1. The van der Waals surface area contributed by atoms with Gasteiger partial charge in [0.1, 0.15) is 17.1 Å². The second kappa shape index (κ2) is 3.26. The molecule has 14 heavy (non-hydrogen) atoms. The smallest absolute Gasteiger partial charge is 0.328 e. The lowest BCUT2D eigenvalue weighted by molar-refractivity contribution is -0.143. The lowest BCUT2D eigenvalue weighted by atomic mass is 9.93. The second-order valence-electron chi connectivity index (χ2n) is 3.17. The molecule has 1 atom stereocenters. The third-order valence-electron chi connectivity index (χ3n) is 1.95. The molecule has 0 aliphatic carbocycles. The Morgan fingerprint density at radius 1 is 1.57 bits per heavy atom. The van der Waals surface area contributed by atoms with Crippen molar-refractivity contribution < 1.29 is 19.4 Å². The molecule has 5 heteroatoms. The molecule has 1 aromatic rings. The Morgan fingerprint density at radius 3 is 2.64 bits per heavy atom. The van der Waals surface area contributed by atoms with E-state index in [1.54, 1.807) is 0 Å². The average Bonchev–Trinajstić information content (AvgIpc) is 2.08. The van der Waals surface area contributed by atoms with E-state index in [4.69, 9.17) is 15.9 Å². The fourth-order valence-electron chi connectivity index (χ4n) is 1.03. The lowest BCUT2D eigenvalue weighted by Crippen LogP contribution is -2.42. The maximum Gasteiger partial charge on any atom is 0.328 e. The molecule has 0 saturated carbocycles. The highest BCUT2D eigenvalue weighted by molar-refractivity contribution is 5.80. The Balaban J connectivity index is 3.31. The highest BCUT2D eigenvalue weighted by Gasteiger charge is 2.33. The van der Waals surface area contributed by atoms with Crippen LogP contribution in [0.4, 0.5) is 4.39 Å². The summed E-state index contributed by atoms with van der Waals surface area (Å²) >= 11 is 0. The van der Waals surface area contributed by atoms with Gasteiger partial charge in [-0.15, -0.1) is 0 Å². The van der Waals surface area contributed by atoms with E-state index in [0.717, 1.165) is 25.1 Å². The highest BCUT2D eigenvalue weighted by atomic mass is 19.1. The summed E-state index contributed by atoms with van der Waals surface area (Å²) in [6.45, 7) is 1.16. The van der Waals surface area contributed by atoms with E-state index >= 15 is 0 Å². The molecule has 1 aromatic carbocycles. The third-order valence-corrected chi connectivity index (χ3v) is 1.95. The molecule has 0 bridgehead atoms. The van der Waals surface area contributed by atoms with E-state index in [-0.39, 0.29) is 11.3 Å². The minimum atomic E-state index is -1.84. The number of rotatable bonds is 2. The molecule has 0 spiro atoms. The normalized spacial score (nSPS) is 14.8. The van der Waals surface area contributed by atoms with Crippen LogP contribution < -0.4 is 5.73 Å². The van der Waals surface area contributed by atoms with Crippen LogP contribution in [0.15, 0.2) is 18.2 Å². The van der Waals surface area contributed by atoms with Crippen LogP contribution in [0, 0.1) is 5.82 Å². The lowest BCUT2D eigenvalue weighted by Gasteiger charge is -2.20. The summed E-state index contributed by atoms with van der Waals surface area (Å²) in [5.74, 6) is -2.34. The molecular formula is C9H10FNO3. The summed E-state index contributed by atoms with van der Waals surface area (Å²) < 4.78 is 13.2. The fourth-order valence-corrected chi connectivity index (χ4v) is 1.03. The van der Waals surface area contributed by atoms with Crippen LogP contribution in [0.2, 0.25) is 0 Å². The van der Waals surface area contributed by atoms with E-state index in [1.165, 1.54) is 0 Å². The van der Waals surface area contributed by atoms with Gasteiger partial charge in [-0.2, -0.15) is 0 Å². The van der Waals surface area contributed by atoms with Crippen LogP contribution in [-0.4, -0.2) is 16.2 Å². The van der Waals surface area contributed by atoms with Gasteiger partial charge in [0.05, 0.1) is 0 Å². The average molecular weight is 199 g/mol. The van der Waals surface area contributed by atoms with Gasteiger partial charge in [0, 0.05) is 5.56 Å². The predicted molar refractivity (Wildman–Crippen MR) is 47.2 cm³/mol. The monoisotopic (exact) mass is 199 g/mol. The van der Waals surface area contributed by atoms with Crippen LogP contribution >= 0.6 is 0 Å². The standard InChI is InChI=1S/C9H10FNO3/c1-9(11,8(13)14)6-4-5(12)2-3-7(6)10/h2-4,12H,11H2,1H3,(H,13,14). The third kappa shape index (κ3) is 1.67. The molecule has 0 aromatic heterocycles. The number of hydrogen-bond acceptors (Lipinski definition) is 3. The van der Waals surface area contributed by atoms with Crippen LogP contribution in [-0.2, 0) is 10.3 Å². The largest absolute Gasteiger partial charge is 0.508 e. The molecule has 1 rings (SSSR count). The Hall–Kier alpha value is -1.62. The van der Waals surface area contributed by atoms with Crippen molar-refractivity contribution in [2.75, 3.05) is 0 Å². The van der Waals surface area contributed by atoms with Gasteiger partial charge in [0.15, 0.2) is 0 Å². The van der Waals surface area contributed by atoms with Gasteiger partial charge in [-0.05, 0) is 25.1 Å². The molecule has 4 nitrogen and oxygen atoms in total. The first kappa shape index (κ1) is 10.5. The number of phenolic OH excluding ortho intramolecular Hbond substituents is 1. The molecular weight excluding hydrogens is 189 g/mol. The minimum Gasteiger partial charge on any atom is -0.508 e. The van der Waals surface area contributed by atoms with Crippen molar-refractivity contribution in [1.29, 1.82) is 0 Å². The number of carboxylic acid groups (broad SMARTS) is 1. The number of halogens is 1. The molecule has 0 saturated heterocycles. The summed E-state index contributed by atoms with van der Waals surface area (Å²) in [6, 6.07) is 3.10. The van der Waals surface area contributed by atoms with Gasteiger partial charge in [0.2, 0.25) is 0 Å². The number of phenols is 1. The van der Waals surface area contributed by atoms with Crippen LogP contribution in [0.25, 0.3) is 0 Å². The first-order valence-electron chi connectivity index (χ1n) is 3.87. The number of nitrogens with two attached hydrogens (primary N) is 1. The van der Waals surface area contributed by atoms with E-state index in [1.807, 2.05) is 0 Å². The summed E-state index contributed by atoms with van der Waals surface area (Å²) in [5.41, 5.74) is 3.31. The number of carbonyl (C=O) groups is 1. The zero-order valence-corrected chi connectivity index (χ0v) is 7.49. The Kier molecular flexibility index (Phi) is 2.44.